The standard InChI is InChI=1S/C21H17N3O4/c25-19(13-24-20(26)14-27-18-11-6-12-22-21(18)24)23-16-9-4-5-10-17(16)28-15-7-2-1-3-8-15/h1-12H,13-14H2,(H,23,25). The molecule has 0 bridgehead atoms. The first-order valence-corrected chi connectivity index (χ1v) is 8.71. The normalized spacial score (nSPS) is 12.7. The number of pyridine rings is 1. The monoisotopic (exact) mass is 375 g/mol. The van der Waals surface area contributed by atoms with Crippen LogP contribution in [0.2, 0.25) is 0 Å². The Kier molecular flexibility index (Phi) is 4.88. The first kappa shape index (κ1) is 17.5. The minimum absolute atomic E-state index is 0.125. The van der Waals surface area contributed by atoms with Gasteiger partial charge in [-0.25, -0.2) is 4.98 Å². The number of benzene rings is 2. The van der Waals surface area contributed by atoms with Crippen molar-refractivity contribution in [2.24, 2.45) is 0 Å². The smallest absolute Gasteiger partial charge is 0.266 e. The summed E-state index contributed by atoms with van der Waals surface area (Å²) in [4.78, 5) is 30.3. The summed E-state index contributed by atoms with van der Waals surface area (Å²) >= 11 is 0. The average Bonchev–Trinajstić information content (AvgIpc) is 2.72. The van der Waals surface area contributed by atoms with Gasteiger partial charge < -0.3 is 14.8 Å². The van der Waals surface area contributed by atoms with E-state index in [9.17, 15) is 9.59 Å². The average molecular weight is 375 g/mol. The van der Waals surface area contributed by atoms with Crippen LogP contribution in [0.4, 0.5) is 11.5 Å². The second kappa shape index (κ2) is 7.79. The van der Waals surface area contributed by atoms with Gasteiger partial charge in [-0.3, -0.25) is 14.5 Å². The molecule has 28 heavy (non-hydrogen) atoms. The van der Waals surface area contributed by atoms with Crippen molar-refractivity contribution in [2.45, 2.75) is 0 Å². The number of rotatable bonds is 5. The van der Waals surface area contributed by atoms with E-state index in [4.69, 9.17) is 9.47 Å². The predicted molar refractivity (Wildman–Crippen MR) is 104 cm³/mol. The van der Waals surface area contributed by atoms with E-state index in [1.807, 2.05) is 36.4 Å². The Bertz CT molecular complexity index is 1010. The number of carbonyl (C=O) groups excluding carboxylic acids is 2. The molecular weight excluding hydrogens is 358 g/mol. The van der Waals surface area contributed by atoms with Crippen LogP contribution < -0.4 is 19.7 Å². The third-order valence-electron chi connectivity index (χ3n) is 4.09. The summed E-state index contributed by atoms with van der Waals surface area (Å²) in [6.07, 6.45) is 1.55. The molecule has 2 aromatic carbocycles. The number of para-hydroxylation sites is 3. The van der Waals surface area contributed by atoms with Crippen LogP contribution in [0.5, 0.6) is 17.2 Å². The van der Waals surface area contributed by atoms with Crippen LogP contribution in [0, 0.1) is 0 Å². The fourth-order valence-electron chi connectivity index (χ4n) is 2.80. The van der Waals surface area contributed by atoms with Gasteiger partial charge in [-0.1, -0.05) is 30.3 Å². The van der Waals surface area contributed by atoms with E-state index < -0.39 is 0 Å². The van der Waals surface area contributed by atoms with Gasteiger partial charge in [0.1, 0.15) is 12.3 Å². The number of amides is 2. The van der Waals surface area contributed by atoms with E-state index >= 15 is 0 Å². The number of nitrogens with one attached hydrogen (secondary N) is 1. The molecule has 0 fully saturated rings. The zero-order valence-corrected chi connectivity index (χ0v) is 14.9. The number of anilines is 2. The van der Waals surface area contributed by atoms with Gasteiger partial charge in [0.05, 0.1) is 5.69 Å². The Hall–Kier alpha value is -3.87. The third-order valence-corrected chi connectivity index (χ3v) is 4.09. The van der Waals surface area contributed by atoms with Gasteiger partial charge in [0.2, 0.25) is 5.91 Å². The number of fused-ring (bicyclic) bond motifs is 1. The first-order valence-electron chi connectivity index (χ1n) is 8.71. The highest BCUT2D eigenvalue weighted by molar-refractivity contribution is 6.04. The molecule has 7 heteroatoms. The molecule has 7 nitrogen and oxygen atoms in total. The number of carbonyl (C=O) groups is 2. The van der Waals surface area contributed by atoms with Crippen LogP contribution in [0.15, 0.2) is 72.9 Å². The van der Waals surface area contributed by atoms with E-state index in [-0.39, 0.29) is 25.0 Å². The minimum Gasteiger partial charge on any atom is -0.480 e. The lowest BCUT2D eigenvalue weighted by Crippen LogP contribution is -2.43. The van der Waals surface area contributed by atoms with Crippen molar-refractivity contribution in [1.82, 2.24) is 4.98 Å². The number of aromatic nitrogens is 1. The van der Waals surface area contributed by atoms with Crippen LogP contribution in [-0.4, -0.2) is 29.9 Å². The molecule has 2 heterocycles. The fraction of sp³-hybridized carbons (Fsp3) is 0.0952. The van der Waals surface area contributed by atoms with Crippen molar-refractivity contribution in [3.8, 4) is 17.2 Å². The molecule has 140 valence electrons. The SMILES string of the molecule is O=C(CN1C(=O)COc2cccnc21)Nc1ccccc1Oc1ccccc1. The summed E-state index contributed by atoms with van der Waals surface area (Å²) in [5.74, 6) is 1.29. The largest absolute Gasteiger partial charge is 0.480 e. The number of hydrogen-bond donors (Lipinski definition) is 1. The van der Waals surface area contributed by atoms with Crippen LogP contribution in [0.1, 0.15) is 0 Å². The van der Waals surface area contributed by atoms with E-state index in [1.165, 1.54) is 4.90 Å². The van der Waals surface area contributed by atoms with E-state index in [2.05, 4.69) is 10.3 Å². The van der Waals surface area contributed by atoms with Crippen LogP contribution in [-0.2, 0) is 9.59 Å². The Balaban J connectivity index is 1.50. The topological polar surface area (TPSA) is 80.8 Å². The molecule has 0 aliphatic carbocycles. The van der Waals surface area contributed by atoms with Crippen molar-refractivity contribution in [3.05, 3.63) is 72.9 Å². The maximum Gasteiger partial charge on any atom is 0.266 e. The molecule has 2 amide bonds. The molecule has 0 saturated carbocycles. The summed E-state index contributed by atoms with van der Waals surface area (Å²) in [7, 11) is 0. The summed E-state index contributed by atoms with van der Waals surface area (Å²) in [5.41, 5.74) is 0.512. The highest BCUT2D eigenvalue weighted by Gasteiger charge is 2.28. The Labute approximate surface area is 161 Å². The molecule has 0 radical (unpaired) electrons. The molecule has 0 spiro atoms. The molecule has 3 aromatic rings. The lowest BCUT2D eigenvalue weighted by molar-refractivity contribution is -0.123. The highest BCUT2D eigenvalue weighted by atomic mass is 16.5. The molecule has 1 aliphatic rings. The van der Waals surface area contributed by atoms with Gasteiger partial charge in [-0.15, -0.1) is 0 Å². The van der Waals surface area contributed by atoms with Gasteiger partial charge in [0, 0.05) is 6.20 Å². The van der Waals surface area contributed by atoms with Gasteiger partial charge >= 0.3 is 0 Å². The van der Waals surface area contributed by atoms with E-state index in [1.54, 1.807) is 36.5 Å². The predicted octanol–water partition coefficient (Wildman–Crippen LogP) is 3.24. The van der Waals surface area contributed by atoms with Gasteiger partial charge in [-0.05, 0) is 36.4 Å². The maximum absolute atomic E-state index is 12.6. The zero-order chi connectivity index (χ0) is 19.3. The first-order chi connectivity index (χ1) is 13.7. The van der Waals surface area contributed by atoms with Crippen LogP contribution in [0.3, 0.4) is 0 Å². The summed E-state index contributed by atoms with van der Waals surface area (Å²) in [5, 5.41) is 2.80. The van der Waals surface area contributed by atoms with Crippen molar-refractivity contribution in [3.63, 3.8) is 0 Å². The number of hydrogen-bond acceptors (Lipinski definition) is 5. The highest BCUT2D eigenvalue weighted by Crippen LogP contribution is 2.30. The quantitative estimate of drug-likeness (QED) is 0.740. The second-order valence-corrected chi connectivity index (χ2v) is 6.05. The molecule has 0 unspecified atom stereocenters. The minimum atomic E-state index is -0.365. The molecule has 0 atom stereocenters. The molecular formula is C21H17N3O4. The van der Waals surface area contributed by atoms with E-state index in [0.717, 1.165) is 0 Å². The number of nitrogens with zero attached hydrogens (tertiary/aromatic N) is 2. The van der Waals surface area contributed by atoms with Crippen molar-refractivity contribution in [1.29, 1.82) is 0 Å². The van der Waals surface area contributed by atoms with Crippen molar-refractivity contribution in [2.75, 3.05) is 23.4 Å². The summed E-state index contributed by atoms with van der Waals surface area (Å²) in [6.45, 7) is -0.300. The van der Waals surface area contributed by atoms with Gasteiger partial charge in [0.25, 0.3) is 5.91 Å². The van der Waals surface area contributed by atoms with E-state index in [0.29, 0.717) is 28.8 Å². The lowest BCUT2D eigenvalue weighted by Gasteiger charge is -2.27. The Morgan fingerprint density at radius 2 is 1.86 bits per heavy atom. The zero-order valence-electron chi connectivity index (χ0n) is 14.9. The van der Waals surface area contributed by atoms with Crippen molar-refractivity contribution >= 4 is 23.3 Å². The van der Waals surface area contributed by atoms with Crippen LogP contribution >= 0.6 is 0 Å². The second-order valence-electron chi connectivity index (χ2n) is 6.05. The molecule has 0 saturated heterocycles. The molecule has 1 aliphatic heterocycles. The molecule has 4 rings (SSSR count). The Morgan fingerprint density at radius 1 is 1.07 bits per heavy atom. The third kappa shape index (κ3) is 3.78. The fourth-order valence-corrected chi connectivity index (χ4v) is 2.80. The van der Waals surface area contributed by atoms with Gasteiger partial charge in [-0.2, -0.15) is 0 Å². The Morgan fingerprint density at radius 3 is 2.71 bits per heavy atom. The van der Waals surface area contributed by atoms with Crippen molar-refractivity contribution < 1.29 is 19.1 Å². The lowest BCUT2D eigenvalue weighted by atomic mass is 10.2. The number of ether oxygens (including phenoxy) is 2. The summed E-state index contributed by atoms with van der Waals surface area (Å²) in [6, 6.07) is 19.8. The van der Waals surface area contributed by atoms with Crippen LogP contribution in [0.25, 0.3) is 0 Å². The summed E-state index contributed by atoms with van der Waals surface area (Å²) < 4.78 is 11.2. The van der Waals surface area contributed by atoms with Gasteiger partial charge in [0.15, 0.2) is 23.9 Å². The molecule has 1 aromatic heterocycles. The molecule has 1 N–H and O–H groups in total. The maximum atomic E-state index is 12.6.